The fourth-order valence-corrected chi connectivity index (χ4v) is 2.55. The first-order valence-electron chi connectivity index (χ1n) is 5.75. The molecule has 2 unspecified atom stereocenters. The number of nitrogens with one attached hydrogen (secondary N) is 1. The minimum Gasteiger partial charge on any atom is -0.384 e. The second kappa shape index (κ2) is 8.39. The molecule has 0 aromatic rings. The van der Waals surface area contributed by atoms with Crippen LogP contribution in [-0.2, 0) is 9.47 Å². The Morgan fingerprint density at radius 2 is 2.47 bits per heavy atom. The van der Waals surface area contributed by atoms with E-state index in [0.717, 1.165) is 32.1 Å². The third kappa shape index (κ3) is 6.40. The lowest BCUT2D eigenvalue weighted by atomic mass is 10.2. The number of hydrogen-bond donors (Lipinski definition) is 1. The number of hydrogen-bond acceptors (Lipinski definition) is 4. The maximum atomic E-state index is 5.54. The van der Waals surface area contributed by atoms with Gasteiger partial charge in [0.1, 0.15) is 0 Å². The van der Waals surface area contributed by atoms with E-state index in [1.165, 1.54) is 12.8 Å². The van der Waals surface area contributed by atoms with Crippen LogP contribution in [0.3, 0.4) is 0 Å². The van der Waals surface area contributed by atoms with Crippen LogP contribution in [0.15, 0.2) is 0 Å². The van der Waals surface area contributed by atoms with Crippen LogP contribution in [-0.4, -0.2) is 50.5 Å². The van der Waals surface area contributed by atoms with Gasteiger partial charge >= 0.3 is 0 Å². The normalized spacial score (nSPS) is 23.2. The van der Waals surface area contributed by atoms with Gasteiger partial charge in [-0.1, -0.05) is 6.92 Å². The molecule has 1 heterocycles. The lowest BCUT2D eigenvalue weighted by Crippen LogP contribution is -2.31. The lowest BCUT2D eigenvalue weighted by molar-refractivity contribution is 0.110. The van der Waals surface area contributed by atoms with E-state index in [-0.39, 0.29) is 0 Å². The van der Waals surface area contributed by atoms with E-state index < -0.39 is 0 Å². The maximum Gasteiger partial charge on any atom is 0.0700 e. The van der Waals surface area contributed by atoms with Crippen molar-refractivity contribution in [1.29, 1.82) is 0 Å². The fraction of sp³-hybridized carbons (Fsp3) is 1.00. The summed E-state index contributed by atoms with van der Waals surface area (Å²) in [7, 11) is 1.75. The quantitative estimate of drug-likeness (QED) is 0.644. The van der Waals surface area contributed by atoms with Gasteiger partial charge in [0.15, 0.2) is 0 Å². The van der Waals surface area contributed by atoms with Crippen LogP contribution in [0.2, 0.25) is 0 Å². The van der Waals surface area contributed by atoms with Gasteiger partial charge in [-0.2, -0.15) is 11.8 Å². The average Bonchev–Trinajstić information content (AvgIpc) is 2.71. The molecule has 2 atom stereocenters. The molecule has 1 aliphatic heterocycles. The van der Waals surface area contributed by atoms with Gasteiger partial charge in [0, 0.05) is 37.8 Å². The topological polar surface area (TPSA) is 30.5 Å². The van der Waals surface area contributed by atoms with Crippen molar-refractivity contribution in [2.45, 2.75) is 31.1 Å². The Morgan fingerprint density at radius 3 is 3.13 bits per heavy atom. The van der Waals surface area contributed by atoms with E-state index in [4.69, 9.17) is 9.47 Å². The third-order valence-electron chi connectivity index (χ3n) is 2.52. The molecule has 0 aromatic heterocycles. The summed E-state index contributed by atoms with van der Waals surface area (Å²) in [6.45, 7) is 6.12. The number of methoxy groups -OCH3 is 1. The van der Waals surface area contributed by atoms with Gasteiger partial charge in [0.25, 0.3) is 0 Å². The van der Waals surface area contributed by atoms with Gasteiger partial charge in [0.2, 0.25) is 0 Å². The summed E-state index contributed by atoms with van der Waals surface area (Å²) in [5, 5.41) is 4.12. The molecule has 0 aromatic carbocycles. The van der Waals surface area contributed by atoms with Crippen molar-refractivity contribution >= 4 is 11.8 Å². The zero-order valence-electron chi connectivity index (χ0n) is 9.83. The lowest BCUT2D eigenvalue weighted by Gasteiger charge is -2.14. The molecule has 1 aliphatic rings. The fourth-order valence-electron chi connectivity index (χ4n) is 1.64. The molecule has 0 saturated carbocycles. The summed E-state index contributed by atoms with van der Waals surface area (Å²) < 4.78 is 10.6. The first-order chi connectivity index (χ1) is 7.33. The summed E-state index contributed by atoms with van der Waals surface area (Å²) >= 11 is 1.96. The predicted molar refractivity (Wildman–Crippen MR) is 65.6 cm³/mol. The molecule has 1 N–H and O–H groups in total. The van der Waals surface area contributed by atoms with E-state index in [2.05, 4.69) is 12.2 Å². The standard InChI is InChI=1S/C11H23NO2S/c1-10(15-7-6-13-2)8-12-9-11-4-3-5-14-11/h10-12H,3-9H2,1-2H3. The summed E-state index contributed by atoms with van der Waals surface area (Å²) in [6, 6.07) is 0. The summed E-state index contributed by atoms with van der Waals surface area (Å²) in [4.78, 5) is 0. The second-order valence-electron chi connectivity index (χ2n) is 3.97. The minimum atomic E-state index is 0.459. The van der Waals surface area contributed by atoms with Crippen LogP contribution in [0, 0.1) is 0 Å². The molecule has 90 valence electrons. The zero-order valence-corrected chi connectivity index (χ0v) is 10.6. The first kappa shape index (κ1) is 13.3. The van der Waals surface area contributed by atoms with Crippen molar-refractivity contribution in [2.75, 3.05) is 39.2 Å². The highest BCUT2D eigenvalue weighted by Gasteiger charge is 2.14. The Bertz CT molecular complexity index is 152. The van der Waals surface area contributed by atoms with Crippen molar-refractivity contribution in [2.24, 2.45) is 0 Å². The van der Waals surface area contributed by atoms with Gasteiger partial charge < -0.3 is 14.8 Å². The van der Waals surface area contributed by atoms with Gasteiger partial charge in [-0.05, 0) is 12.8 Å². The molecule has 0 amide bonds. The maximum absolute atomic E-state index is 5.54. The van der Waals surface area contributed by atoms with Crippen molar-refractivity contribution in [3.05, 3.63) is 0 Å². The van der Waals surface area contributed by atoms with Gasteiger partial charge in [0.05, 0.1) is 12.7 Å². The van der Waals surface area contributed by atoms with Crippen LogP contribution in [0.1, 0.15) is 19.8 Å². The Labute approximate surface area is 97.3 Å². The first-order valence-corrected chi connectivity index (χ1v) is 6.80. The van der Waals surface area contributed by atoms with Crippen LogP contribution in [0.5, 0.6) is 0 Å². The molecule has 3 nitrogen and oxygen atoms in total. The zero-order chi connectivity index (χ0) is 10.9. The SMILES string of the molecule is COCCSC(C)CNCC1CCCO1. The largest absolute Gasteiger partial charge is 0.384 e. The summed E-state index contributed by atoms with van der Waals surface area (Å²) in [5.74, 6) is 1.08. The predicted octanol–water partition coefficient (Wildman–Crippen LogP) is 1.52. The smallest absolute Gasteiger partial charge is 0.0700 e. The third-order valence-corrected chi connectivity index (χ3v) is 3.66. The Hall–Kier alpha value is 0.230. The molecule has 1 saturated heterocycles. The summed E-state index contributed by atoms with van der Waals surface area (Å²) in [6.07, 6.45) is 2.91. The Kier molecular flexibility index (Phi) is 7.44. The molecular weight excluding hydrogens is 210 g/mol. The van der Waals surface area contributed by atoms with E-state index in [1.807, 2.05) is 11.8 Å². The molecule has 4 heteroatoms. The van der Waals surface area contributed by atoms with Crippen LogP contribution in [0.4, 0.5) is 0 Å². The molecule has 1 fully saturated rings. The number of ether oxygens (including phenoxy) is 2. The van der Waals surface area contributed by atoms with Crippen LogP contribution >= 0.6 is 11.8 Å². The number of rotatable bonds is 8. The number of thioether (sulfide) groups is 1. The van der Waals surface area contributed by atoms with Gasteiger partial charge in [-0.25, -0.2) is 0 Å². The van der Waals surface area contributed by atoms with Gasteiger partial charge in [-0.15, -0.1) is 0 Å². The van der Waals surface area contributed by atoms with Crippen molar-refractivity contribution in [1.82, 2.24) is 5.32 Å². The van der Waals surface area contributed by atoms with E-state index in [0.29, 0.717) is 11.4 Å². The Balaban J connectivity index is 1.89. The van der Waals surface area contributed by atoms with Crippen molar-refractivity contribution in [3.63, 3.8) is 0 Å². The minimum absolute atomic E-state index is 0.459. The molecule has 15 heavy (non-hydrogen) atoms. The van der Waals surface area contributed by atoms with Crippen LogP contribution in [0.25, 0.3) is 0 Å². The molecule has 0 bridgehead atoms. The van der Waals surface area contributed by atoms with E-state index in [1.54, 1.807) is 7.11 Å². The molecular formula is C11H23NO2S. The highest BCUT2D eigenvalue weighted by Crippen LogP contribution is 2.12. The monoisotopic (exact) mass is 233 g/mol. The highest BCUT2D eigenvalue weighted by molar-refractivity contribution is 7.99. The summed E-state index contributed by atoms with van der Waals surface area (Å²) in [5.41, 5.74) is 0. The highest BCUT2D eigenvalue weighted by atomic mass is 32.2. The van der Waals surface area contributed by atoms with E-state index >= 15 is 0 Å². The molecule has 1 rings (SSSR count). The van der Waals surface area contributed by atoms with Crippen LogP contribution < -0.4 is 5.32 Å². The molecule has 0 radical (unpaired) electrons. The van der Waals surface area contributed by atoms with Crippen molar-refractivity contribution < 1.29 is 9.47 Å². The molecule has 0 spiro atoms. The van der Waals surface area contributed by atoms with Crippen molar-refractivity contribution in [3.8, 4) is 0 Å². The Morgan fingerprint density at radius 1 is 1.60 bits per heavy atom. The molecule has 0 aliphatic carbocycles. The van der Waals surface area contributed by atoms with Gasteiger partial charge in [-0.3, -0.25) is 0 Å². The average molecular weight is 233 g/mol. The van der Waals surface area contributed by atoms with E-state index in [9.17, 15) is 0 Å². The second-order valence-corrected chi connectivity index (χ2v) is 5.51.